The highest BCUT2D eigenvalue weighted by molar-refractivity contribution is 5.77. The lowest BCUT2D eigenvalue weighted by atomic mass is 10.2. The van der Waals surface area contributed by atoms with Gasteiger partial charge in [0.05, 0.1) is 18.1 Å². The summed E-state index contributed by atoms with van der Waals surface area (Å²) in [6.07, 6.45) is 2.83. The largest absolute Gasteiger partial charge is 0.497 e. The molecule has 0 bridgehead atoms. The SMILES string of the molecule is C=CCn1c(CCNCC(C)C)nc2cc(OC)ccc21. The first-order valence-electron chi connectivity index (χ1n) is 7.50. The molecule has 0 amide bonds. The average Bonchev–Trinajstić information content (AvgIpc) is 2.81. The summed E-state index contributed by atoms with van der Waals surface area (Å²) >= 11 is 0. The van der Waals surface area contributed by atoms with E-state index in [1.807, 2.05) is 18.2 Å². The molecule has 1 N–H and O–H groups in total. The molecular formula is C17H25N3O. The van der Waals surface area contributed by atoms with Crippen molar-refractivity contribution >= 4 is 11.0 Å². The van der Waals surface area contributed by atoms with Gasteiger partial charge >= 0.3 is 0 Å². The van der Waals surface area contributed by atoms with Gasteiger partial charge < -0.3 is 14.6 Å². The summed E-state index contributed by atoms with van der Waals surface area (Å²) in [5.74, 6) is 2.60. The molecule has 114 valence electrons. The van der Waals surface area contributed by atoms with Gasteiger partial charge in [0.15, 0.2) is 0 Å². The molecule has 0 saturated carbocycles. The number of allylic oxidation sites excluding steroid dienone is 1. The summed E-state index contributed by atoms with van der Waals surface area (Å²) in [6.45, 7) is 11.0. The van der Waals surface area contributed by atoms with Crippen LogP contribution in [-0.2, 0) is 13.0 Å². The fraction of sp³-hybridized carbons (Fsp3) is 0.471. The Bertz CT molecular complexity index is 601. The van der Waals surface area contributed by atoms with E-state index in [-0.39, 0.29) is 0 Å². The Morgan fingerprint density at radius 2 is 2.24 bits per heavy atom. The lowest BCUT2D eigenvalue weighted by Gasteiger charge is -2.09. The van der Waals surface area contributed by atoms with Crippen LogP contribution in [0.25, 0.3) is 11.0 Å². The maximum absolute atomic E-state index is 5.27. The first kappa shape index (κ1) is 15.6. The number of fused-ring (bicyclic) bond motifs is 1. The van der Waals surface area contributed by atoms with Gasteiger partial charge in [0.2, 0.25) is 0 Å². The highest BCUT2D eigenvalue weighted by Gasteiger charge is 2.10. The van der Waals surface area contributed by atoms with Crippen LogP contribution >= 0.6 is 0 Å². The number of imidazole rings is 1. The molecule has 21 heavy (non-hydrogen) atoms. The molecule has 1 aromatic heterocycles. The van der Waals surface area contributed by atoms with Crippen molar-refractivity contribution in [3.05, 3.63) is 36.7 Å². The molecule has 0 unspecified atom stereocenters. The molecule has 0 atom stereocenters. The number of nitrogens with one attached hydrogen (secondary N) is 1. The van der Waals surface area contributed by atoms with E-state index in [2.05, 4.69) is 36.4 Å². The lowest BCUT2D eigenvalue weighted by Crippen LogP contribution is -2.23. The zero-order valence-electron chi connectivity index (χ0n) is 13.2. The Labute approximate surface area is 126 Å². The molecule has 0 aliphatic rings. The number of hydrogen-bond acceptors (Lipinski definition) is 3. The molecule has 0 fully saturated rings. The quantitative estimate of drug-likeness (QED) is 0.599. The predicted octanol–water partition coefficient (Wildman–Crippen LogP) is 3.02. The van der Waals surface area contributed by atoms with Crippen LogP contribution in [0.2, 0.25) is 0 Å². The van der Waals surface area contributed by atoms with Gasteiger partial charge in [0.1, 0.15) is 11.6 Å². The molecule has 0 spiro atoms. The van der Waals surface area contributed by atoms with E-state index in [0.717, 1.165) is 48.7 Å². The fourth-order valence-corrected chi connectivity index (χ4v) is 2.40. The second-order valence-electron chi connectivity index (χ2n) is 5.63. The van der Waals surface area contributed by atoms with Gasteiger partial charge in [-0.1, -0.05) is 19.9 Å². The van der Waals surface area contributed by atoms with E-state index in [9.17, 15) is 0 Å². The molecule has 2 rings (SSSR count). The first-order chi connectivity index (χ1) is 10.2. The summed E-state index contributed by atoms with van der Waals surface area (Å²) in [5.41, 5.74) is 2.12. The van der Waals surface area contributed by atoms with Crippen LogP contribution in [0.5, 0.6) is 5.75 Å². The van der Waals surface area contributed by atoms with Crippen molar-refractivity contribution in [1.29, 1.82) is 0 Å². The van der Waals surface area contributed by atoms with Crippen molar-refractivity contribution in [2.24, 2.45) is 5.92 Å². The molecule has 0 aliphatic carbocycles. The first-order valence-corrected chi connectivity index (χ1v) is 7.50. The van der Waals surface area contributed by atoms with E-state index in [1.54, 1.807) is 7.11 Å². The van der Waals surface area contributed by atoms with Gasteiger partial charge in [-0.15, -0.1) is 6.58 Å². The predicted molar refractivity (Wildman–Crippen MR) is 87.9 cm³/mol. The number of benzene rings is 1. The topological polar surface area (TPSA) is 39.1 Å². The average molecular weight is 287 g/mol. The highest BCUT2D eigenvalue weighted by atomic mass is 16.5. The number of nitrogens with zero attached hydrogens (tertiary/aromatic N) is 2. The van der Waals surface area contributed by atoms with Crippen LogP contribution in [0.4, 0.5) is 0 Å². The van der Waals surface area contributed by atoms with E-state index < -0.39 is 0 Å². The van der Waals surface area contributed by atoms with Gasteiger partial charge in [0, 0.05) is 25.6 Å². The van der Waals surface area contributed by atoms with Crippen molar-refractivity contribution in [2.45, 2.75) is 26.8 Å². The molecule has 2 aromatic rings. The number of aromatic nitrogens is 2. The minimum atomic E-state index is 0.668. The minimum Gasteiger partial charge on any atom is -0.497 e. The lowest BCUT2D eigenvalue weighted by molar-refractivity contribution is 0.415. The summed E-state index contributed by atoms with van der Waals surface area (Å²) in [7, 11) is 1.68. The Kier molecular flexibility index (Phi) is 5.39. The molecule has 0 saturated heterocycles. The molecule has 0 radical (unpaired) electrons. The standard InChI is InChI=1S/C17H25N3O/c1-5-10-20-16-7-6-14(21-4)11-15(16)19-17(20)8-9-18-12-13(2)3/h5-7,11,13,18H,1,8-10,12H2,2-4H3. The van der Waals surface area contributed by atoms with Gasteiger partial charge in [-0.05, 0) is 24.6 Å². The molecule has 1 heterocycles. The third-order valence-corrected chi connectivity index (χ3v) is 3.42. The summed E-state index contributed by atoms with van der Waals surface area (Å²) < 4.78 is 7.50. The van der Waals surface area contributed by atoms with Crippen LogP contribution < -0.4 is 10.1 Å². The number of rotatable bonds is 8. The van der Waals surface area contributed by atoms with Crippen LogP contribution in [-0.4, -0.2) is 29.8 Å². The Morgan fingerprint density at radius 3 is 2.90 bits per heavy atom. The van der Waals surface area contributed by atoms with Crippen molar-refractivity contribution < 1.29 is 4.74 Å². The van der Waals surface area contributed by atoms with Crippen LogP contribution in [0.15, 0.2) is 30.9 Å². The smallest absolute Gasteiger partial charge is 0.121 e. The Balaban J connectivity index is 2.20. The Hall–Kier alpha value is -1.81. The second-order valence-corrected chi connectivity index (χ2v) is 5.63. The summed E-state index contributed by atoms with van der Waals surface area (Å²) in [6, 6.07) is 6.03. The zero-order chi connectivity index (χ0) is 15.2. The highest BCUT2D eigenvalue weighted by Crippen LogP contribution is 2.22. The number of ether oxygens (including phenoxy) is 1. The molecule has 1 aromatic carbocycles. The monoisotopic (exact) mass is 287 g/mol. The van der Waals surface area contributed by atoms with Crippen LogP contribution in [0.1, 0.15) is 19.7 Å². The third kappa shape index (κ3) is 3.85. The molecule has 4 nitrogen and oxygen atoms in total. The third-order valence-electron chi connectivity index (χ3n) is 3.42. The van der Waals surface area contributed by atoms with Gasteiger partial charge in [0.25, 0.3) is 0 Å². The van der Waals surface area contributed by atoms with Gasteiger partial charge in [-0.25, -0.2) is 4.98 Å². The van der Waals surface area contributed by atoms with E-state index in [4.69, 9.17) is 9.72 Å². The van der Waals surface area contributed by atoms with Crippen molar-refractivity contribution in [2.75, 3.05) is 20.2 Å². The summed E-state index contributed by atoms with van der Waals surface area (Å²) in [5, 5.41) is 3.47. The number of hydrogen-bond donors (Lipinski definition) is 1. The van der Waals surface area contributed by atoms with Crippen molar-refractivity contribution in [3.8, 4) is 5.75 Å². The zero-order valence-corrected chi connectivity index (χ0v) is 13.2. The fourth-order valence-electron chi connectivity index (χ4n) is 2.40. The second kappa shape index (κ2) is 7.27. The van der Waals surface area contributed by atoms with Crippen LogP contribution in [0, 0.1) is 5.92 Å². The number of methoxy groups -OCH3 is 1. The van der Waals surface area contributed by atoms with Crippen molar-refractivity contribution in [3.63, 3.8) is 0 Å². The normalized spacial score (nSPS) is 11.2. The van der Waals surface area contributed by atoms with Crippen molar-refractivity contribution in [1.82, 2.24) is 14.9 Å². The summed E-state index contributed by atoms with van der Waals surface area (Å²) in [4.78, 5) is 4.75. The molecule has 0 aliphatic heterocycles. The minimum absolute atomic E-state index is 0.668. The van der Waals surface area contributed by atoms with E-state index in [1.165, 1.54) is 0 Å². The molecule has 4 heteroatoms. The Morgan fingerprint density at radius 1 is 1.43 bits per heavy atom. The molecular weight excluding hydrogens is 262 g/mol. The maximum atomic E-state index is 5.27. The van der Waals surface area contributed by atoms with E-state index in [0.29, 0.717) is 5.92 Å². The maximum Gasteiger partial charge on any atom is 0.121 e. The van der Waals surface area contributed by atoms with Gasteiger partial charge in [-0.3, -0.25) is 0 Å². The van der Waals surface area contributed by atoms with E-state index >= 15 is 0 Å². The van der Waals surface area contributed by atoms with Gasteiger partial charge in [-0.2, -0.15) is 0 Å². The van der Waals surface area contributed by atoms with Crippen LogP contribution in [0.3, 0.4) is 0 Å².